The van der Waals surface area contributed by atoms with E-state index in [0.717, 1.165) is 0 Å². The van der Waals surface area contributed by atoms with Crippen LogP contribution in [0.3, 0.4) is 0 Å². The van der Waals surface area contributed by atoms with E-state index in [4.69, 9.17) is 35.7 Å². The number of hydrogen-bond acceptors (Lipinski definition) is 0. The van der Waals surface area contributed by atoms with E-state index in [1.54, 1.807) is 0 Å². The van der Waals surface area contributed by atoms with Crippen molar-refractivity contribution in [1.82, 2.24) is 0 Å². The molecule has 0 aliphatic carbocycles. The molecule has 0 amide bonds. The van der Waals surface area contributed by atoms with E-state index in [0.29, 0.717) is 0 Å². The molecule has 0 aromatic carbocycles. The van der Waals surface area contributed by atoms with E-state index in [1.165, 1.54) is 0 Å². The molecule has 0 aromatic rings. The summed E-state index contributed by atoms with van der Waals surface area (Å²) in [7, 11) is 24.1. The van der Waals surface area contributed by atoms with Crippen molar-refractivity contribution in [3.05, 3.63) is 0 Å². The molecule has 0 saturated carbocycles. The molecule has 0 atom stereocenters. The Morgan fingerprint density at radius 2 is 1.10 bits per heavy atom. The predicted octanol–water partition coefficient (Wildman–Crippen LogP) is 4.01. The maximum absolute atomic E-state index is 6.03. The topological polar surface area (TPSA) is 0 Å². The van der Waals surface area contributed by atoms with Gasteiger partial charge in [-0.2, -0.15) is 0 Å². The third kappa shape index (κ3) is 4.70. The zero-order valence-corrected chi connectivity index (χ0v) is 14.8. The summed E-state index contributed by atoms with van der Waals surface area (Å²) in [5, 5.41) is 0. The van der Waals surface area contributed by atoms with Gasteiger partial charge < -0.3 is 0 Å². The molecule has 0 heterocycles. The van der Waals surface area contributed by atoms with Gasteiger partial charge in [0.1, 0.15) is 0 Å². The van der Waals surface area contributed by atoms with Crippen molar-refractivity contribution in [3.8, 4) is 0 Å². The third-order valence-electron chi connectivity index (χ3n) is 1.52. The van der Waals surface area contributed by atoms with Crippen molar-refractivity contribution in [3.63, 3.8) is 0 Å². The normalized spacial score (nSPS) is 14.4. The quantitative estimate of drug-likeness (QED) is 0.573. The van der Waals surface area contributed by atoms with Gasteiger partial charge in [0, 0.05) is 0 Å². The Morgan fingerprint density at radius 3 is 1.10 bits per heavy atom. The molecule has 0 radical (unpaired) electrons. The summed E-state index contributed by atoms with van der Waals surface area (Å²) in [6.07, 6.45) is 0. The van der Waals surface area contributed by atoms with Crippen molar-refractivity contribution in [2.24, 2.45) is 0 Å². The molecule has 0 saturated heterocycles. The van der Waals surface area contributed by atoms with E-state index in [-0.39, 0.29) is 1.95 Å². The van der Waals surface area contributed by atoms with Gasteiger partial charge in [-0.25, -0.2) is 0 Å². The van der Waals surface area contributed by atoms with Gasteiger partial charge in [-0.3, -0.25) is 0 Å². The number of halogens is 4. The zero-order chi connectivity index (χ0) is 8.58. The number of rotatable bonds is 2. The monoisotopic (exact) mass is 438 g/mol. The first-order valence-electron chi connectivity index (χ1n) is 2.91. The summed E-state index contributed by atoms with van der Waals surface area (Å²) in [5.74, 6) is 0. The fourth-order valence-electron chi connectivity index (χ4n) is 0.445. The van der Waals surface area contributed by atoms with E-state index in [9.17, 15) is 0 Å². The molecule has 0 nitrogen and oxygen atoms in total. The van der Waals surface area contributed by atoms with Crippen molar-refractivity contribution in [2.75, 3.05) is 0 Å². The molecule has 0 unspecified atom stereocenters. The fraction of sp³-hybridized carbons (Fsp3) is 1.00. The van der Waals surface area contributed by atoms with Crippen LogP contribution in [0.2, 0.25) is 11.8 Å². The van der Waals surface area contributed by atoms with Gasteiger partial charge in [-0.1, -0.05) is 0 Å². The van der Waals surface area contributed by atoms with Crippen LogP contribution in [-0.2, 0) is 0 Å². The SMILES string of the molecule is C[CH]([Sn]([CH3])([Cl])[Cl])[Sn]([CH3])([Cl])[Cl]. The molecule has 10 heavy (non-hydrogen) atoms. The minimum absolute atomic E-state index is 0.246. The molecule has 0 rings (SSSR count). The van der Waals surface area contributed by atoms with Gasteiger partial charge in [0.15, 0.2) is 0 Å². The van der Waals surface area contributed by atoms with Crippen LogP contribution in [0.5, 0.6) is 0 Å². The van der Waals surface area contributed by atoms with Crippen molar-refractivity contribution >= 4 is 67.9 Å². The van der Waals surface area contributed by atoms with Gasteiger partial charge in [0.05, 0.1) is 0 Å². The Balaban J connectivity index is 4.23. The summed E-state index contributed by atoms with van der Waals surface area (Å²) in [6.45, 7) is 1.99. The standard InChI is InChI=1S/C2H4.2CH3.4ClH.2Sn/c1-2;;;;;;;;/h1H,2H3;2*1H3;4*1H;;/q;;;;;;;2*+2/p-4. The molecule has 0 aliphatic rings. The molecule has 6 heteroatoms. The Hall–Kier alpha value is 2.76. The second-order valence-corrected chi connectivity index (χ2v) is 46.9. The van der Waals surface area contributed by atoms with Crippen LogP contribution in [-0.4, -0.2) is 32.2 Å². The third-order valence-corrected chi connectivity index (χ3v) is 55.1. The fourth-order valence-corrected chi connectivity index (χ4v) is 69.4. The van der Waals surface area contributed by atoms with Gasteiger partial charge in [-0.05, 0) is 0 Å². The summed E-state index contributed by atoms with van der Waals surface area (Å²) in [5.41, 5.74) is 0. The van der Waals surface area contributed by atoms with Crippen molar-refractivity contribution in [1.29, 1.82) is 0 Å². The van der Waals surface area contributed by atoms with Gasteiger partial charge in [0.25, 0.3) is 0 Å². The van der Waals surface area contributed by atoms with Gasteiger partial charge in [-0.15, -0.1) is 0 Å². The average Bonchev–Trinajstić information content (AvgIpc) is 1.59. The summed E-state index contributed by atoms with van der Waals surface area (Å²) in [6, 6.07) is 0. The van der Waals surface area contributed by atoms with E-state index in [1.807, 2.05) is 16.8 Å². The molecular formula is C4H10Cl4Sn2. The Bertz CT molecular complexity index is 99.4. The van der Waals surface area contributed by atoms with Crippen LogP contribution in [0.15, 0.2) is 0 Å². The van der Waals surface area contributed by atoms with Crippen LogP contribution in [0.4, 0.5) is 0 Å². The van der Waals surface area contributed by atoms with Crippen LogP contribution >= 0.6 is 35.7 Å². The van der Waals surface area contributed by atoms with Gasteiger partial charge in [0.2, 0.25) is 0 Å². The summed E-state index contributed by atoms with van der Waals surface area (Å²) < 4.78 is 0.246. The predicted molar refractivity (Wildman–Crippen MR) is 56.1 cm³/mol. The van der Waals surface area contributed by atoms with Crippen LogP contribution in [0.25, 0.3) is 0 Å². The van der Waals surface area contributed by atoms with Crippen LogP contribution < -0.4 is 0 Å². The van der Waals surface area contributed by atoms with E-state index >= 15 is 0 Å². The maximum atomic E-state index is 6.03. The molecule has 0 bridgehead atoms. The van der Waals surface area contributed by atoms with Gasteiger partial charge >= 0.3 is 86.7 Å². The first-order chi connectivity index (χ1) is 4.15. The average molecular weight is 437 g/mol. The Morgan fingerprint density at radius 1 is 0.900 bits per heavy atom. The second kappa shape index (κ2) is 4.31. The molecular weight excluding hydrogens is 427 g/mol. The van der Waals surface area contributed by atoms with Crippen LogP contribution in [0.1, 0.15) is 6.92 Å². The minimum atomic E-state index is -2.81. The first-order valence-corrected chi connectivity index (χ1v) is 26.4. The molecule has 0 aromatic heterocycles. The summed E-state index contributed by atoms with van der Waals surface area (Å²) in [4.78, 5) is 3.87. The summed E-state index contributed by atoms with van der Waals surface area (Å²) >= 11 is -5.62. The van der Waals surface area contributed by atoms with Crippen molar-refractivity contribution in [2.45, 2.75) is 18.8 Å². The first kappa shape index (κ1) is 12.8. The van der Waals surface area contributed by atoms with Crippen molar-refractivity contribution < 1.29 is 0 Å². The molecule has 62 valence electrons. The molecule has 0 fully saturated rings. The zero-order valence-electron chi connectivity index (χ0n) is 6.09. The Labute approximate surface area is 85.2 Å². The van der Waals surface area contributed by atoms with Crippen LogP contribution in [0, 0.1) is 0 Å². The molecule has 0 spiro atoms. The second-order valence-electron chi connectivity index (χ2n) is 2.63. The molecule has 0 aliphatic heterocycles. The van der Waals surface area contributed by atoms with E-state index < -0.39 is 32.2 Å². The molecule has 0 N–H and O–H groups in total. The van der Waals surface area contributed by atoms with E-state index in [2.05, 4.69) is 0 Å². The Kier molecular flexibility index (Phi) is 5.50. The number of hydrogen-bond donors (Lipinski definition) is 0.